The summed E-state index contributed by atoms with van der Waals surface area (Å²) < 4.78 is 15.9. The molecular formula is C108H120N3O20+. The highest BCUT2D eigenvalue weighted by Crippen LogP contribution is 2.52. The van der Waals surface area contributed by atoms with E-state index in [-0.39, 0.29) is 97.4 Å². The molecule has 686 valence electrons. The molecule has 23 nitrogen and oxygen atoms in total. The summed E-state index contributed by atoms with van der Waals surface area (Å²) in [6.45, 7) is 25.5. The van der Waals surface area contributed by atoms with E-state index < -0.39 is 155 Å². The Morgan fingerprint density at radius 2 is 0.817 bits per heavy atom. The summed E-state index contributed by atoms with van der Waals surface area (Å²) in [5.74, 6) is -24.8. The zero-order chi connectivity index (χ0) is 95.4. The number of carboxylic acids is 2. The number of carboxylic acid groups (broad SMARTS) is 2. The molecule has 0 saturated carbocycles. The number of aryl methyl sites for hydroxylation is 2. The number of imide groups is 1. The average molecular weight is 1780 g/mol. The van der Waals surface area contributed by atoms with Crippen LogP contribution in [0.5, 0.6) is 11.5 Å². The predicted molar refractivity (Wildman–Crippen MR) is 496 cm³/mol. The van der Waals surface area contributed by atoms with E-state index in [1.807, 2.05) is 97.9 Å². The number of nitrogens with two attached hydrogens (primary N) is 1. The lowest BCUT2D eigenvalue weighted by molar-refractivity contribution is -0.155. The molecule has 3 amide bonds. The van der Waals surface area contributed by atoms with Crippen LogP contribution < -0.4 is 15.8 Å². The third kappa shape index (κ3) is 27.1. The van der Waals surface area contributed by atoms with Crippen LogP contribution in [-0.4, -0.2) is 122 Å². The second-order valence-corrected chi connectivity index (χ2v) is 35.3. The maximum Gasteiger partial charge on any atom is 0.362 e. The molecular weight excluding hydrogens is 1660 g/mol. The molecule has 9 aromatic carbocycles. The highest BCUT2D eigenvalue weighted by molar-refractivity contribution is 6.14. The number of cyclic esters (lactones) is 4. The van der Waals surface area contributed by atoms with E-state index >= 15 is 19.2 Å². The maximum absolute atomic E-state index is 15.8. The Balaban J connectivity index is 0.000000380. The first-order valence-electron chi connectivity index (χ1n) is 44.8. The van der Waals surface area contributed by atoms with Crippen molar-refractivity contribution in [2.75, 3.05) is 19.6 Å². The molecule has 12 rings (SSSR count). The van der Waals surface area contributed by atoms with E-state index in [2.05, 4.69) is 30.8 Å². The molecule has 15 atom stereocenters. The monoisotopic (exact) mass is 1780 g/mol. The standard InChI is InChI=1S/C74H80N2O14.C16H14O3.C14H15O3.C4H11N/c1-8-54(47-21-13-9-14-22-47)66(74(88)89-53-35-33-52(34-36-53)62(78)40-61(77)51-31-29-45(6)30-32-51)60(71(84)85)39-57(50-27-19-12-20-28-50)65-58(68(80)76(69(65)81)42-44(4)5)37-56(49-25-17-11-18-26-49)64(67(79)75-41-43(2)3)59(70(82)83)38-55(48-23-15-10-16-24-48)63-46(7)72(86)90-73(63)87;1-11-2-4-12(5-3-11)15(18)10-16(19)13-6-8-14(17)9-7-13;1-3-11(10-7-5-4-6-8-10)12-9(2)13(15)17-14(12)16;1-4(2)3-5/h9-36,43-44,46,54-60,63-66H,8,37-42H2,1-7H3,(H,75,79)(H,82,83)(H,84,85);2-9,17H,10H2,1H3;4-9,11-12H,2-3H2,1H3;4H,3,5H2,1-2H3/q;;+1;. The number of amides is 3. The lowest BCUT2D eigenvalue weighted by Crippen LogP contribution is -2.44. The van der Waals surface area contributed by atoms with Gasteiger partial charge in [-0.15, -0.1) is 0 Å². The molecule has 15 unspecified atom stereocenters. The van der Waals surface area contributed by atoms with Crippen molar-refractivity contribution in [2.45, 2.75) is 151 Å². The second kappa shape index (κ2) is 48.3. The highest BCUT2D eigenvalue weighted by Gasteiger charge is 2.57. The van der Waals surface area contributed by atoms with Crippen LogP contribution in [0.15, 0.2) is 249 Å². The Bertz CT molecular complexity index is 5340. The van der Waals surface area contributed by atoms with E-state index in [0.29, 0.717) is 44.9 Å². The number of ketones is 4. The van der Waals surface area contributed by atoms with Gasteiger partial charge in [0.1, 0.15) is 17.4 Å². The smallest absolute Gasteiger partial charge is 0.362 e. The highest BCUT2D eigenvalue weighted by atomic mass is 16.6. The summed E-state index contributed by atoms with van der Waals surface area (Å²) in [7, 11) is 0. The first kappa shape index (κ1) is 101. The minimum absolute atomic E-state index is 0.00102. The van der Waals surface area contributed by atoms with E-state index in [1.165, 1.54) is 53.4 Å². The molecule has 23 heteroatoms. The number of esters is 5. The van der Waals surface area contributed by atoms with Crippen molar-refractivity contribution in [2.24, 2.45) is 82.7 Å². The van der Waals surface area contributed by atoms with Crippen molar-refractivity contribution in [1.82, 2.24) is 10.2 Å². The van der Waals surface area contributed by atoms with Crippen LogP contribution >= 0.6 is 0 Å². The molecule has 3 heterocycles. The molecule has 3 aliphatic rings. The molecule has 3 aliphatic heterocycles. The summed E-state index contributed by atoms with van der Waals surface area (Å²) in [5, 5.41) is 35.5. The van der Waals surface area contributed by atoms with Gasteiger partial charge in [-0.2, -0.15) is 0 Å². The predicted octanol–water partition coefficient (Wildman–Crippen LogP) is 18.2. The number of nitrogens with zero attached hydrogens (tertiary/aromatic N) is 1. The topological polar surface area (TPSA) is 369 Å². The van der Waals surface area contributed by atoms with Crippen molar-refractivity contribution in [3.63, 3.8) is 0 Å². The van der Waals surface area contributed by atoms with Crippen molar-refractivity contribution in [3.8, 4) is 11.5 Å². The minimum Gasteiger partial charge on any atom is -0.508 e. The van der Waals surface area contributed by atoms with Crippen LogP contribution in [-0.2, 0) is 57.4 Å². The van der Waals surface area contributed by atoms with Crippen LogP contribution in [0.1, 0.15) is 217 Å². The third-order valence-corrected chi connectivity index (χ3v) is 24.6. The van der Waals surface area contributed by atoms with Crippen LogP contribution in [0.25, 0.3) is 0 Å². The minimum atomic E-state index is -1.61. The van der Waals surface area contributed by atoms with Gasteiger partial charge in [0.05, 0.1) is 67.1 Å². The van der Waals surface area contributed by atoms with Gasteiger partial charge in [-0.25, -0.2) is 4.79 Å². The molecule has 6 N–H and O–H groups in total. The number of nitrogens with one attached hydrogen (secondary N) is 1. The largest absolute Gasteiger partial charge is 0.508 e. The number of hydrogen-bond donors (Lipinski definition) is 5. The summed E-state index contributed by atoms with van der Waals surface area (Å²) >= 11 is 0. The van der Waals surface area contributed by atoms with E-state index in [0.717, 1.165) is 29.7 Å². The van der Waals surface area contributed by atoms with Crippen molar-refractivity contribution in [1.29, 1.82) is 0 Å². The van der Waals surface area contributed by atoms with Gasteiger partial charge in [-0.1, -0.05) is 274 Å². The number of hydrogen-bond acceptors (Lipinski definition) is 19. The third-order valence-electron chi connectivity index (χ3n) is 24.6. The zero-order valence-electron chi connectivity index (χ0n) is 76.1. The van der Waals surface area contributed by atoms with E-state index in [1.54, 1.807) is 165 Å². The fourth-order valence-electron chi connectivity index (χ4n) is 17.6. The number of carbonyl (C=O) groups excluding carboxylic acids is 12. The van der Waals surface area contributed by atoms with E-state index in [4.69, 9.17) is 20.3 Å². The van der Waals surface area contributed by atoms with Crippen molar-refractivity contribution < 1.29 is 96.7 Å². The first-order valence-corrected chi connectivity index (χ1v) is 44.8. The number of rotatable bonds is 38. The summed E-state index contributed by atoms with van der Waals surface area (Å²) in [6.07, 6.45) is -0.542. The Hall–Kier alpha value is -13.4. The molecule has 0 aromatic heterocycles. The van der Waals surface area contributed by atoms with Gasteiger partial charge in [-0.05, 0) is 170 Å². The molecule has 0 spiro atoms. The number of carbonyl (C=O) groups is 14. The Kier molecular flexibility index (Phi) is 37.4. The van der Waals surface area contributed by atoms with Crippen LogP contribution in [0.2, 0.25) is 0 Å². The maximum atomic E-state index is 15.8. The zero-order valence-corrected chi connectivity index (χ0v) is 76.1. The summed E-state index contributed by atoms with van der Waals surface area (Å²) in [5.41, 5.74) is 11.9. The summed E-state index contributed by atoms with van der Waals surface area (Å²) in [4.78, 5) is 192. The van der Waals surface area contributed by atoms with Gasteiger partial charge < -0.3 is 40.6 Å². The van der Waals surface area contributed by atoms with Crippen LogP contribution in [0.3, 0.4) is 0 Å². The number of Topliss-reactive ketones (excluding diaryl/α,β-unsaturated/α-hetero) is 4. The number of aromatic hydroxyl groups is 1. The lowest BCUT2D eigenvalue weighted by Gasteiger charge is -2.37. The fourth-order valence-corrected chi connectivity index (χ4v) is 17.6. The van der Waals surface area contributed by atoms with Crippen LogP contribution in [0.4, 0.5) is 0 Å². The Morgan fingerprint density at radius 1 is 0.443 bits per heavy atom. The van der Waals surface area contributed by atoms with Gasteiger partial charge in [-0.3, -0.25) is 67.2 Å². The SMILES string of the molecule is CC(C)CN.CCC(c1ccccc1)C(C(=O)Oc1ccc(C(=O)CC(=O)c2ccc(C)cc2)cc1)C(CC(c1ccccc1)C1C(=O)N(CC(C)C)C(=O)C1CC(c1ccccc1)C(C(=O)NCC(C)C)C(CC(c1ccccc1)C1C(=O)OC(=O)C1C)C(=O)O)C(=O)O.Cc1ccc(C(=O)CC(=O)c2ccc(O)cc2)cc1.[CH2+]C1C(=O)OC(=O)C1C(CC)c1ccccc1. The fraction of sp³-hybridized carbons (Fsp3) is 0.361. The van der Waals surface area contributed by atoms with Gasteiger partial charge >= 0.3 is 41.8 Å². The first-order chi connectivity index (χ1) is 62.5. The average Bonchev–Trinajstić information content (AvgIpc) is 1.27. The molecule has 3 saturated heterocycles. The molecule has 3 fully saturated rings. The molecule has 9 aromatic rings. The van der Waals surface area contributed by atoms with Gasteiger partial charge in [0.2, 0.25) is 23.6 Å². The number of aliphatic carboxylic acids is 2. The number of likely N-dealkylation sites (tertiary alicyclic amines) is 1. The molecule has 0 aliphatic carbocycles. The summed E-state index contributed by atoms with van der Waals surface area (Å²) in [6, 6.07) is 70.3. The number of phenols is 1. The van der Waals surface area contributed by atoms with Gasteiger partial charge in [0.15, 0.2) is 23.1 Å². The van der Waals surface area contributed by atoms with Gasteiger partial charge in [0, 0.05) is 41.3 Å². The Morgan fingerprint density at radius 3 is 1.18 bits per heavy atom. The van der Waals surface area contributed by atoms with Crippen LogP contribution in [0, 0.1) is 97.7 Å². The lowest BCUT2D eigenvalue weighted by atomic mass is 9.64. The number of phenolic OH excluding ortho intramolecular Hbond substituents is 1. The normalized spacial score (nSPS) is 18.4. The molecule has 131 heavy (non-hydrogen) atoms. The van der Waals surface area contributed by atoms with Crippen molar-refractivity contribution in [3.05, 3.63) is 317 Å². The quantitative estimate of drug-likeness (QED) is 0.00599. The van der Waals surface area contributed by atoms with E-state index in [9.17, 15) is 58.2 Å². The molecule has 0 radical (unpaired) electrons. The Labute approximate surface area is 766 Å². The molecule has 0 bridgehead atoms. The second-order valence-electron chi connectivity index (χ2n) is 35.3. The van der Waals surface area contributed by atoms with Gasteiger partial charge in [0.25, 0.3) is 0 Å². The number of benzene rings is 9. The van der Waals surface area contributed by atoms with Crippen molar-refractivity contribution >= 4 is 82.6 Å². The number of ether oxygens (including phenoxy) is 3.